The van der Waals surface area contributed by atoms with E-state index in [0.29, 0.717) is 16.9 Å². The Hall–Kier alpha value is -3.41. The summed E-state index contributed by atoms with van der Waals surface area (Å²) < 4.78 is 12.2. The Morgan fingerprint density at radius 1 is 1.19 bits per heavy atom. The highest BCUT2D eigenvalue weighted by Crippen LogP contribution is 2.48. The van der Waals surface area contributed by atoms with Crippen LogP contribution in [-0.2, 0) is 0 Å². The molecule has 6 heteroatoms. The predicted molar refractivity (Wildman–Crippen MR) is 117 cm³/mol. The van der Waals surface area contributed by atoms with E-state index in [1.54, 1.807) is 12.1 Å². The molecule has 0 fully saturated rings. The van der Waals surface area contributed by atoms with Crippen LogP contribution in [0.1, 0.15) is 67.6 Å². The van der Waals surface area contributed by atoms with Crippen LogP contribution in [0.2, 0.25) is 0 Å². The van der Waals surface area contributed by atoms with Gasteiger partial charge in [-0.25, -0.2) is 0 Å². The summed E-state index contributed by atoms with van der Waals surface area (Å²) in [6, 6.07) is 5.78. The summed E-state index contributed by atoms with van der Waals surface area (Å²) in [5.74, 6) is -0.0240. The van der Waals surface area contributed by atoms with Gasteiger partial charge in [-0.3, -0.25) is 4.79 Å². The molecule has 2 aliphatic heterocycles. The molecule has 0 saturated heterocycles. The molecule has 0 amide bonds. The van der Waals surface area contributed by atoms with Gasteiger partial charge in [-0.15, -0.1) is 0 Å². The number of phenolic OH excluding ortho intramolecular Hbond substituents is 3. The van der Waals surface area contributed by atoms with Gasteiger partial charge >= 0.3 is 0 Å². The molecule has 0 spiro atoms. The minimum atomic E-state index is -0.735. The molecule has 4 rings (SSSR count). The quantitative estimate of drug-likeness (QED) is 0.569. The zero-order valence-electron chi connectivity index (χ0n) is 17.8. The lowest BCUT2D eigenvalue weighted by molar-refractivity contribution is 0.0838. The van der Waals surface area contributed by atoms with Crippen LogP contribution in [0.15, 0.2) is 42.0 Å². The highest BCUT2D eigenvalue weighted by molar-refractivity contribution is 6.04. The number of phenols is 3. The second kappa shape index (κ2) is 7.69. The standard InChI is InChI=1S/C25H26O6/c1-14(2)5-4-9-25(3)10-8-17-21(31-25)13-22-23(24(17)29)19(28)12-20(30-22)16-7-6-15(26)11-18(16)27/h5-8,10-11,13,20,26-27,29H,4,9,12H2,1-3H3/t20-,25+/m1/s1. The number of Topliss-reactive ketones (excluding diaryl/α,β-unsaturated/α-hetero) is 1. The minimum absolute atomic E-state index is 0.0390. The van der Waals surface area contributed by atoms with Crippen molar-refractivity contribution in [3.8, 4) is 28.7 Å². The molecule has 2 aromatic carbocycles. The number of hydrogen-bond donors (Lipinski definition) is 3. The first-order valence-corrected chi connectivity index (χ1v) is 10.3. The van der Waals surface area contributed by atoms with Crippen LogP contribution >= 0.6 is 0 Å². The fourth-order valence-electron chi connectivity index (χ4n) is 4.01. The van der Waals surface area contributed by atoms with Crippen LogP contribution < -0.4 is 9.47 Å². The van der Waals surface area contributed by atoms with E-state index in [0.717, 1.165) is 12.8 Å². The van der Waals surface area contributed by atoms with Gasteiger partial charge in [0, 0.05) is 17.7 Å². The maximum atomic E-state index is 12.8. The Labute approximate surface area is 181 Å². The van der Waals surface area contributed by atoms with E-state index in [1.807, 2.05) is 13.0 Å². The summed E-state index contributed by atoms with van der Waals surface area (Å²) in [6.07, 6.45) is 6.69. The number of carbonyl (C=O) groups is 1. The van der Waals surface area contributed by atoms with Gasteiger partial charge in [-0.1, -0.05) is 11.6 Å². The highest BCUT2D eigenvalue weighted by atomic mass is 16.5. The first kappa shape index (κ1) is 20.8. The molecule has 31 heavy (non-hydrogen) atoms. The monoisotopic (exact) mass is 422 g/mol. The second-order valence-electron chi connectivity index (χ2n) is 8.56. The smallest absolute Gasteiger partial charge is 0.174 e. The van der Waals surface area contributed by atoms with Gasteiger partial charge in [0.05, 0.1) is 12.0 Å². The number of hydrogen-bond acceptors (Lipinski definition) is 6. The molecule has 2 atom stereocenters. The molecule has 0 radical (unpaired) electrons. The molecule has 0 saturated carbocycles. The molecular weight excluding hydrogens is 396 g/mol. The zero-order chi connectivity index (χ0) is 22.3. The lowest BCUT2D eigenvalue weighted by Gasteiger charge is -2.34. The average molecular weight is 422 g/mol. The van der Waals surface area contributed by atoms with Gasteiger partial charge in [0.25, 0.3) is 0 Å². The SMILES string of the molecule is CC(C)=CCC[C@@]1(C)C=Cc2c(cc3c(c2O)C(=O)C[C@H](c2ccc(O)cc2O)O3)O1. The molecule has 2 aromatic rings. The first-order chi connectivity index (χ1) is 14.7. The third-order valence-corrected chi connectivity index (χ3v) is 5.68. The summed E-state index contributed by atoms with van der Waals surface area (Å²) in [5.41, 5.74) is 1.66. The van der Waals surface area contributed by atoms with Gasteiger partial charge < -0.3 is 24.8 Å². The van der Waals surface area contributed by atoms with Crippen LogP contribution in [0, 0.1) is 0 Å². The van der Waals surface area contributed by atoms with Crippen molar-refractivity contribution in [1.82, 2.24) is 0 Å². The number of carbonyl (C=O) groups excluding carboxylic acids is 1. The molecule has 6 nitrogen and oxygen atoms in total. The van der Waals surface area contributed by atoms with Crippen molar-refractivity contribution in [3.05, 3.63) is 58.7 Å². The van der Waals surface area contributed by atoms with Crippen molar-refractivity contribution in [2.45, 2.75) is 51.7 Å². The van der Waals surface area contributed by atoms with Gasteiger partial charge in [-0.05, 0) is 57.9 Å². The summed E-state index contributed by atoms with van der Waals surface area (Å²) in [6.45, 7) is 6.08. The van der Waals surface area contributed by atoms with E-state index < -0.39 is 11.7 Å². The summed E-state index contributed by atoms with van der Waals surface area (Å²) in [7, 11) is 0. The second-order valence-corrected chi connectivity index (χ2v) is 8.56. The number of fused-ring (bicyclic) bond motifs is 2. The number of ketones is 1. The van der Waals surface area contributed by atoms with Gasteiger partial charge in [0.2, 0.25) is 0 Å². The van der Waals surface area contributed by atoms with Crippen LogP contribution in [0.3, 0.4) is 0 Å². The van der Waals surface area contributed by atoms with E-state index in [4.69, 9.17) is 9.47 Å². The molecule has 2 aliphatic rings. The third kappa shape index (κ3) is 3.98. The Morgan fingerprint density at radius 3 is 2.68 bits per heavy atom. The number of allylic oxidation sites excluding steroid dienone is 2. The molecule has 3 N–H and O–H groups in total. The van der Waals surface area contributed by atoms with E-state index in [1.165, 1.54) is 23.8 Å². The Bertz CT molecular complexity index is 1110. The Morgan fingerprint density at radius 2 is 1.97 bits per heavy atom. The normalized spacial score (nSPS) is 21.5. The van der Waals surface area contributed by atoms with E-state index in [-0.39, 0.29) is 40.8 Å². The predicted octanol–water partition coefficient (Wildman–Crippen LogP) is 5.42. The fraction of sp³-hybridized carbons (Fsp3) is 0.320. The third-order valence-electron chi connectivity index (χ3n) is 5.68. The van der Waals surface area contributed by atoms with Crippen LogP contribution in [-0.4, -0.2) is 26.7 Å². The fourth-order valence-corrected chi connectivity index (χ4v) is 4.01. The van der Waals surface area contributed by atoms with Crippen molar-refractivity contribution >= 4 is 11.9 Å². The van der Waals surface area contributed by atoms with Gasteiger partial charge in [0.1, 0.15) is 46.0 Å². The summed E-state index contributed by atoms with van der Waals surface area (Å²) in [5, 5.41) is 30.5. The molecule has 0 aliphatic carbocycles. The van der Waals surface area contributed by atoms with Crippen molar-refractivity contribution in [2.24, 2.45) is 0 Å². The molecule has 162 valence electrons. The van der Waals surface area contributed by atoms with Gasteiger partial charge in [0.15, 0.2) is 5.78 Å². The molecule has 2 heterocycles. The highest BCUT2D eigenvalue weighted by Gasteiger charge is 2.36. The maximum absolute atomic E-state index is 12.8. The number of ether oxygens (including phenoxy) is 2. The largest absolute Gasteiger partial charge is 0.508 e. The topological polar surface area (TPSA) is 96.2 Å². The molecule has 0 bridgehead atoms. The van der Waals surface area contributed by atoms with E-state index in [2.05, 4.69) is 19.9 Å². The average Bonchev–Trinajstić information content (AvgIpc) is 2.66. The summed E-state index contributed by atoms with van der Waals surface area (Å²) >= 11 is 0. The van der Waals surface area contributed by atoms with Crippen LogP contribution in [0.4, 0.5) is 0 Å². The van der Waals surface area contributed by atoms with Gasteiger partial charge in [-0.2, -0.15) is 0 Å². The minimum Gasteiger partial charge on any atom is -0.508 e. The maximum Gasteiger partial charge on any atom is 0.174 e. The summed E-state index contributed by atoms with van der Waals surface area (Å²) in [4.78, 5) is 12.8. The Kier molecular flexibility index (Phi) is 5.17. The van der Waals surface area contributed by atoms with Crippen LogP contribution in [0.5, 0.6) is 28.7 Å². The zero-order valence-corrected chi connectivity index (χ0v) is 17.8. The molecule has 0 aromatic heterocycles. The van der Waals surface area contributed by atoms with E-state index >= 15 is 0 Å². The first-order valence-electron chi connectivity index (χ1n) is 10.3. The van der Waals surface area contributed by atoms with Crippen molar-refractivity contribution in [2.75, 3.05) is 0 Å². The number of benzene rings is 2. The lowest BCUT2D eigenvalue weighted by Crippen LogP contribution is -2.32. The molecule has 0 unspecified atom stereocenters. The van der Waals surface area contributed by atoms with Crippen molar-refractivity contribution < 1.29 is 29.6 Å². The number of rotatable bonds is 4. The van der Waals surface area contributed by atoms with E-state index in [9.17, 15) is 20.1 Å². The van der Waals surface area contributed by atoms with Crippen molar-refractivity contribution in [1.29, 1.82) is 0 Å². The lowest BCUT2D eigenvalue weighted by atomic mass is 9.90. The molecular formula is C25H26O6. The Balaban J connectivity index is 1.67. The number of aromatic hydroxyl groups is 3. The van der Waals surface area contributed by atoms with Crippen molar-refractivity contribution in [3.63, 3.8) is 0 Å². The van der Waals surface area contributed by atoms with Crippen LogP contribution in [0.25, 0.3) is 6.08 Å².